The molecular formula is C31H27Cl2FN2O8. The minimum Gasteiger partial charge on any atom is -0.504 e. The van der Waals surface area contributed by atoms with Gasteiger partial charge in [0.25, 0.3) is 11.8 Å². The first-order valence-corrected chi connectivity index (χ1v) is 14.8. The van der Waals surface area contributed by atoms with E-state index in [4.69, 9.17) is 33.0 Å². The molecular weight excluding hydrogens is 618 g/mol. The van der Waals surface area contributed by atoms with Crippen LogP contribution in [0.3, 0.4) is 0 Å². The number of carboxylic acids is 1. The Bertz CT molecular complexity index is 1650. The lowest BCUT2D eigenvalue weighted by atomic mass is 9.56. The van der Waals surface area contributed by atoms with Crippen LogP contribution in [0.2, 0.25) is 0 Å². The molecule has 0 bridgehead atoms. The first kappa shape index (κ1) is 30.1. The maximum atomic E-state index is 14.3. The Morgan fingerprint density at radius 1 is 1.05 bits per heavy atom. The van der Waals surface area contributed by atoms with Crippen molar-refractivity contribution < 1.29 is 43.3 Å². The van der Waals surface area contributed by atoms with E-state index < -0.39 is 68.8 Å². The van der Waals surface area contributed by atoms with Crippen LogP contribution in [0.1, 0.15) is 37.2 Å². The van der Waals surface area contributed by atoms with Gasteiger partial charge in [-0.05, 0) is 67.1 Å². The lowest BCUT2D eigenvalue weighted by molar-refractivity contribution is -0.142. The number of carbonyl (C=O) groups excluding carboxylic acids is 4. The second kappa shape index (κ2) is 10.6. The van der Waals surface area contributed by atoms with Crippen molar-refractivity contribution in [3.05, 3.63) is 65.5 Å². The Balaban J connectivity index is 1.49. The molecule has 2 saturated heterocycles. The van der Waals surface area contributed by atoms with Crippen LogP contribution < -0.4 is 9.64 Å². The summed E-state index contributed by atoms with van der Waals surface area (Å²) in [4.78, 5) is 64.4. The first-order valence-electron chi connectivity index (χ1n) is 14.0. The number of carboxylic acid groups (broad SMARTS) is 1. The van der Waals surface area contributed by atoms with Crippen LogP contribution >= 0.6 is 23.2 Å². The lowest BCUT2D eigenvalue weighted by Gasteiger charge is -2.50. The molecule has 2 aliphatic carbocycles. The van der Waals surface area contributed by atoms with Crippen molar-refractivity contribution >= 4 is 58.5 Å². The number of phenols is 1. The SMILES string of the molecule is COc1ccc([C@H]2C3=CC[C@@H]4C(=O)N(CCCC(=O)O)C(=O)[C@@H]4[C@@H]3C[C@@]3(Cl)C(=O)N(c4ccc(F)cc4)C(=O)[C@@]23Cl)cc1O. The zero-order valence-corrected chi connectivity index (χ0v) is 24.8. The molecule has 44 heavy (non-hydrogen) atoms. The number of halogens is 3. The van der Waals surface area contributed by atoms with E-state index in [1.54, 1.807) is 12.1 Å². The van der Waals surface area contributed by atoms with Crippen molar-refractivity contribution in [2.24, 2.45) is 17.8 Å². The van der Waals surface area contributed by atoms with Gasteiger partial charge in [0.2, 0.25) is 11.8 Å². The molecule has 0 aromatic heterocycles. The molecule has 13 heteroatoms. The van der Waals surface area contributed by atoms with Crippen molar-refractivity contribution in [3.63, 3.8) is 0 Å². The number of likely N-dealkylation sites (tertiary alicyclic amines) is 1. The molecule has 2 heterocycles. The Morgan fingerprint density at radius 2 is 1.75 bits per heavy atom. The molecule has 2 aromatic carbocycles. The van der Waals surface area contributed by atoms with E-state index in [9.17, 15) is 33.5 Å². The van der Waals surface area contributed by atoms with E-state index in [2.05, 4.69) is 0 Å². The molecule has 4 amide bonds. The maximum absolute atomic E-state index is 14.3. The second-order valence-corrected chi connectivity index (χ2v) is 12.7. The zero-order valence-electron chi connectivity index (χ0n) is 23.3. The number of methoxy groups -OCH3 is 1. The largest absolute Gasteiger partial charge is 0.504 e. The highest BCUT2D eigenvalue weighted by Gasteiger charge is 2.76. The van der Waals surface area contributed by atoms with Crippen molar-refractivity contribution in [2.45, 2.75) is 41.3 Å². The Hall–Kier alpha value is -3.96. The first-order chi connectivity index (χ1) is 20.8. The molecule has 2 N–H and O–H groups in total. The summed E-state index contributed by atoms with van der Waals surface area (Å²) in [6.45, 7) is -0.0734. The van der Waals surface area contributed by atoms with Gasteiger partial charge in [0.15, 0.2) is 21.2 Å². The molecule has 0 radical (unpaired) electrons. The van der Waals surface area contributed by atoms with Crippen molar-refractivity contribution in [2.75, 3.05) is 18.6 Å². The second-order valence-electron chi connectivity index (χ2n) is 11.5. The van der Waals surface area contributed by atoms with E-state index >= 15 is 0 Å². The van der Waals surface area contributed by atoms with E-state index in [-0.39, 0.29) is 49.4 Å². The molecule has 4 aliphatic rings. The Kier molecular flexibility index (Phi) is 7.24. The number of rotatable bonds is 7. The van der Waals surface area contributed by atoms with Crippen LogP contribution in [0.5, 0.6) is 11.5 Å². The molecule has 10 nitrogen and oxygen atoms in total. The number of anilines is 1. The van der Waals surface area contributed by atoms with Gasteiger partial charge in [-0.3, -0.25) is 28.9 Å². The normalized spacial score (nSPS) is 31.0. The average molecular weight is 645 g/mol. The highest BCUT2D eigenvalue weighted by molar-refractivity contribution is 6.58. The number of fused-ring (bicyclic) bond motifs is 4. The van der Waals surface area contributed by atoms with Crippen LogP contribution in [0.25, 0.3) is 0 Å². The van der Waals surface area contributed by atoms with E-state index in [1.807, 2.05) is 0 Å². The summed E-state index contributed by atoms with van der Waals surface area (Å²) in [5, 5.41) is 19.7. The minimum absolute atomic E-state index is 0.0544. The Labute approximate surface area is 261 Å². The predicted octanol–water partition coefficient (Wildman–Crippen LogP) is 3.97. The number of hydrogen-bond acceptors (Lipinski definition) is 7. The Morgan fingerprint density at radius 3 is 2.39 bits per heavy atom. The summed E-state index contributed by atoms with van der Waals surface area (Å²) in [5.74, 6) is -8.02. The molecule has 6 rings (SSSR count). The molecule has 3 fully saturated rings. The van der Waals surface area contributed by atoms with Gasteiger partial charge in [-0.15, -0.1) is 23.2 Å². The monoisotopic (exact) mass is 644 g/mol. The lowest BCUT2D eigenvalue weighted by Crippen LogP contribution is -2.60. The minimum atomic E-state index is -2.14. The number of phenolic OH excluding ortho intramolecular Hbond substituents is 1. The number of nitrogens with zero attached hydrogens (tertiary/aromatic N) is 2. The highest BCUT2D eigenvalue weighted by atomic mass is 35.5. The van der Waals surface area contributed by atoms with Crippen molar-refractivity contribution in [3.8, 4) is 11.5 Å². The van der Waals surface area contributed by atoms with Gasteiger partial charge < -0.3 is 14.9 Å². The molecule has 1 saturated carbocycles. The molecule has 2 aromatic rings. The predicted molar refractivity (Wildman–Crippen MR) is 155 cm³/mol. The third kappa shape index (κ3) is 4.16. The number of aliphatic carboxylic acids is 1. The number of amides is 4. The van der Waals surface area contributed by atoms with E-state index in [0.717, 1.165) is 21.9 Å². The van der Waals surface area contributed by atoms with Gasteiger partial charge in [0, 0.05) is 18.9 Å². The summed E-state index contributed by atoms with van der Waals surface area (Å²) in [5.41, 5.74) is 0.909. The number of aromatic hydroxyl groups is 1. The number of carbonyl (C=O) groups is 5. The van der Waals surface area contributed by atoms with Gasteiger partial charge >= 0.3 is 5.97 Å². The van der Waals surface area contributed by atoms with Gasteiger partial charge in [0.05, 0.1) is 24.6 Å². The van der Waals surface area contributed by atoms with Gasteiger partial charge in [-0.1, -0.05) is 17.7 Å². The average Bonchev–Trinajstić information content (AvgIpc) is 3.31. The summed E-state index contributed by atoms with van der Waals surface area (Å²) >= 11 is 14.5. The standard InChI is InChI=1S/C31H27Cl2FN2O8/c1-44-22-11-4-15(13-21(22)37)25-18-9-10-19-24(27(41)35(26(19)40)12-2-3-23(38)39)20(18)14-30(32)28(42)36(29(43)31(25,30)33)17-7-5-16(34)6-8-17/h4-9,11,13,19-20,24-25,37H,2-3,10,12,14H2,1H3,(H,38,39)/t19-,20+,24-,25-,30+,31-/m0/s1. The van der Waals surface area contributed by atoms with Crippen LogP contribution in [0.4, 0.5) is 10.1 Å². The fourth-order valence-electron chi connectivity index (χ4n) is 7.33. The van der Waals surface area contributed by atoms with Crippen LogP contribution in [0, 0.1) is 23.6 Å². The number of alkyl halides is 2. The molecule has 0 spiro atoms. The van der Waals surface area contributed by atoms with Crippen LogP contribution in [-0.2, 0) is 24.0 Å². The molecule has 0 unspecified atom stereocenters. The van der Waals surface area contributed by atoms with Gasteiger partial charge in [-0.25, -0.2) is 9.29 Å². The number of hydrogen-bond donors (Lipinski definition) is 2. The topological polar surface area (TPSA) is 142 Å². The molecule has 6 atom stereocenters. The highest BCUT2D eigenvalue weighted by Crippen LogP contribution is 2.66. The summed E-state index contributed by atoms with van der Waals surface area (Å²) in [7, 11) is 1.37. The molecule has 230 valence electrons. The van der Waals surface area contributed by atoms with Crippen LogP contribution in [-0.4, -0.2) is 68.1 Å². The summed E-state index contributed by atoms with van der Waals surface area (Å²) in [6.07, 6.45) is 1.49. The summed E-state index contributed by atoms with van der Waals surface area (Å²) in [6, 6.07) is 9.11. The number of benzene rings is 2. The maximum Gasteiger partial charge on any atom is 0.303 e. The quantitative estimate of drug-likeness (QED) is 0.262. The van der Waals surface area contributed by atoms with Crippen molar-refractivity contribution in [1.29, 1.82) is 0 Å². The number of allylic oxidation sites excluding steroid dienone is 2. The third-order valence-corrected chi connectivity index (χ3v) is 10.7. The van der Waals surface area contributed by atoms with Crippen LogP contribution in [0.15, 0.2) is 54.1 Å². The zero-order chi connectivity index (χ0) is 31.7. The fourth-order valence-corrected chi connectivity index (χ4v) is 8.27. The number of ether oxygens (including phenoxy) is 1. The van der Waals surface area contributed by atoms with Crippen molar-refractivity contribution in [1.82, 2.24) is 4.90 Å². The van der Waals surface area contributed by atoms with Gasteiger partial charge in [0.1, 0.15) is 5.82 Å². The van der Waals surface area contributed by atoms with Gasteiger partial charge in [-0.2, -0.15) is 0 Å². The number of imide groups is 2. The van der Waals surface area contributed by atoms with E-state index in [0.29, 0.717) is 11.1 Å². The third-order valence-electron chi connectivity index (χ3n) is 9.30. The van der Waals surface area contributed by atoms with E-state index in [1.165, 1.54) is 31.4 Å². The fraction of sp³-hybridized carbons (Fsp3) is 0.387. The smallest absolute Gasteiger partial charge is 0.303 e. The molecule has 2 aliphatic heterocycles. The summed E-state index contributed by atoms with van der Waals surface area (Å²) < 4.78 is 18.9.